The van der Waals surface area contributed by atoms with Crippen molar-refractivity contribution >= 4 is 0 Å². The largest absolute Gasteiger partial charge is 0.497 e. The summed E-state index contributed by atoms with van der Waals surface area (Å²) < 4.78 is 10.7. The van der Waals surface area contributed by atoms with Crippen LogP contribution in [0.3, 0.4) is 0 Å². The van der Waals surface area contributed by atoms with Gasteiger partial charge < -0.3 is 19.7 Å². The van der Waals surface area contributed by atoms with E-state index in [0.29, 0.717) is 12.0 Å². The molecule has 0 bridgehead atoms. The van der Waals surface area contributed by atoms with Gasteiger partial charge in [-0.1, -0.05) is 13.0 Å². The monoisotopic (exact) mass is 278 g/mol. The number of nitrogens with one attached hydrogen (secondary N) is 1. The van der Waals surface area contributed by atoms with Gasteiger partial charge in [-0.15, -0.1) is 0 Å². The lowest BCUT2D eigenvalue weighted by molar-refractivity contribution is 0.174. The first-order valence-corrected chi connectivity index (χ1v) is 7.27. The molecule has 2 rings (SSSR count). The molecule has 2 unspecified atom stereocenters. The van der Waals surface area contributed by atoms with Crippen molar-refractivity contribution in [3.8, 4) is 11.5 Å². The van der Waals surface area contributed by atoms with Crippen LogP contribution in [-0.2, 0) is 6.54 Å². The predicted octanol–water partition coefficient (Wildman–Crippen LogP) is 2.13. The normalized spacial score (nSPS) is 23.6. The molecule has 1 aromatic carbocycles. The van der Waals surface area contributed by atoms with Gasteiger partial charge in [0, 0.05) is 30.8 Å². The van der Waals surface area contributed by atoms with Crippen LogP contribution in [0.15, 0.2) is 18.2 Å². The quantitative estimate of drug-likeness (QED) is 0.894. The minimum Gasteiger partial charge on any atom is -0.497 e. The van der Waals surface area contributed by atoms with Crippen LogP contribution >= 0.6 is 0 Å². The lowest BCUT2D eigenvalue weighted by Gasteiger charge is -2.35. The highest BCUT2D eigenvalue weighted by molar-refractivity contribution is 5.40. The van der Waals surface area contributed by atoms with E-state index in [9.17, 15) is 0 Å². The van der Waals surface area contributed by atoms with Crippen LogP contribution in [0, 0.1) is 5.92 Å². The van der Waals surface area contributed by atoms with E-state index >= 15 is 0 Å². The summed E-state index contributed by atoms with van der Waals surface area (Å²) >= 11 is 0. The molecule has 0 amide bonds. The highest BCUT2D eigenvalue weighted by atomic mass is 16.5. The van der Waals surface area contributed by atoms with Gasteiger partial charge in [0.2, 0.25) is 0 Å². The van der Waals surface area contributed by atoms with E-state index < -0.39 is 0 Å². The Balaban J connectivity index is 1.96. The average molecular weight is 278 g/mol. The molecule has 4 heteroatoms. The summed E-state index contributed by atoms with van der Waals surface area (Å²) in [5, 5.41) is 3.67. The summed E-state index contributed by atoms with van der Waals surface area (Å²) in [4.78, 5) is 2.40. The molecule has 112 valence electrons. The lowest BCUT2D eigenvalue weighted by atomic mass is 9.94. The van der Waals surface area contributed by atoms with Crippen molar-refractivity contribution in [2.75, 3.05) is 34.4 Å². The first-order valence-electron chi connectivity index (χ1n) is 7.27. The summed E-state index contributed by atoms with van der Waals surface area (Å²) in [6.07, 6.45) is 1.20. The van der Waals surface area contributed by atoms with Crippen molar-refractivity contribution in [1.29, 1.82) is 0 Å². The number of benzene rings is 1. The second-order valence-electron chi connectivity index (χ2n) is 5.69. The van der Waals surface area contributed by atoms with Crippen molar-refractivity contribution < 1.29 is 9.47 Å². The molecule has 2 atom stereocenters. The van der Waals surface area contributed by atoms with Crippen LogP contribution in [0.4, 0.5) is 0 Å². The molecule has 1 heterocycles. The Morgan fingerprint density at radius 1 is 1.30 bits per heavy atom. The van der Waals surface area contributed by atoms with Crippen LogP contribution in [0.25, 0.3) is 0 Å². The fourth-order valence-electron chi connectivity index (χ4n) is 2.90. The van der Waals surface area contributed by atoms with Gasteiger partial charge in [-0.3, -0.25) is 0 Å². The van der Waals surface area contributed by atoms with Gasteiger partial charge >= 0.3 is 0 Å². The first-order chi connectivity index (χ1) is 9.63. The second kappa shape index (κ2) is 6.95. The number of rotatable bonds is 5. The van der Waals surface area contributed by atoms with Crippen molar-refractivity contribution in [1.82, 2.24) is 10.2 Å². The zero-order chi connectivity index (χ0) is 14.5. The minimum atomic E-state index is 0.581. The number of hydrogen-bond acceptors (Lipinski definition) is 4. The van der Waals surface area contributed by atoms with Crippen LogP contribution in [0.2, 0.25) is 0 Å². The van der Waals surface area contributed by atoms with Gasteiger partial charge in [-0.2, -0.15) is 0 Å². The fourth-order valence-corrected chi connectivity index (χ4v) is 2.90. The topological polar surface area (TPSA) is 33.7 Å². The van der Waals surface area contributed by atoms with Crippen LogP contribution in [0.5, 0.6) is 11.5 Å². The number of methoxy groups -OCH3 is 2. The zero-order valence-corrected chi connectivity index (χ0v) is 13.0. The molecule has 0 aliphatic carbocycles. The van der Waals surface area contributed by atoms with E-state index in [-0.39, 0.29) is 0 Å². The Labute approximate surface area is 122 Å². The first kappa shape index (κ1) is 15.1. The van der Waals surface area contributed by atoms with E-state index in [4.69, 9.17) is 9.47 Å². The molecule has 1 fully saturated rings. The summed E-state index contributed by atoms with van der Waals surface area (Å²) in [6, 6.07) is 6.58. The molecule has 0 spiro atoms. The fraction of sp³-hybridized carbons (Fsp3) is 0.625. The Kier molecular flexibility index (Phi) is 5.26. The summed E-state index contributed by atoms with van der Waals surface area (Å²) in [5.41, 5.74) is 1.18. The van der Waals surface area contributed by atoms with E-state index in [1.165, 1.54) is 18.5 Å². The van der Waals surface area contributed by atoms with Gasteiger partial charge in [0.1, 0.15) is 11.5 Å². The van der Waals surface area contributed by atoms with E-state index in [1.807, 2.05) is 12.1 Å². The van der Waals surface area contributed by atoms with Crippen molar-refractivity contribution in [3.63, 3.8) is 0 Å². The predicted molar refractivity (Wildman–Crippen MR) is 81.5 cm³/mol. The summed E-state index contributed by atoms with van der Waals surface area (Å²) in [7, 11) is 5.57. The Morgan fingerprint density at radius 2 is 2.10 bits per heavy atom. The smallest absolute Gasteiger partial charge is 0.127 e. The maximum atomic E-state index is 5.44. The number of ether oxygens (including phenoxy) is 2. The van der Waals surface area contributed by atoms with Gasteiger partial charge in [-0.05, 0) is 32.0 Å². The SMILES string of the molecule is COc1ccc(CNC2CCN(C)CC2C)c(OC)c1. The molecule has 1 N–H and O–H groups in total. The Hall–Kier alpha value is -1.26. The summed E-state index contributed by atoms with van der Waals surface area (Å²) in [6.45, 7) is 5.49. The third-order valence-electron chi connectivity index (χ3n) is 4.16. The van der Waals surface area contributed by atoms with E-state index in [0.717, 1.165) is 24.6 Å². The minimum absolute atomic E-state index is 0.581. The standard InChI is InChI=1S/C16H26N2O2/c1-12-11-18(2)8-7-15(12)17-10-13-5-6-14(19-3)9-16(13)20-4/h5-6,9,12,15,17H,7-8,10-11H2,1-4H3. The van der Waals surface area contributed by atoms with Gasteiger partial charge in [0.05, 0.1) is 14.2 Å². The number of likely N-dealkylation sites (tertiary alicyclic amines) is 1. The highest BCUT2D eigenvalue weighted by Gasteiger charge is 2.23. The van der Waals surface area contributed by atoms with Gasteiger partial charge in [-0.25, -0.2) is 0 Å². The number of piperidine rings is 1. The molecular weight excluding hydrogens is 252 g/mol. The van der Waals surface area contributed by atoms with Crippen LogP contribution in [-0.4, -0.2) is 45.3 Å². The molecule has 1 aromatic rings. The molecule has 1 saturated heterocycles. The maximum absolute atomic E-state index is 5.44. The number of nitrogens with zero attached hydrogens (tertiary/aromatic N) is 1. The molecule has 0 aromatic heterocycles. The van der Waals surface area contributed by atoms with E-state index in [1.54, 1.807) is 14.2 Å². The van der Waals surface area contributed by atoms with Gasteiger partial charge in [0.15, 0.2) is 0 Å². The molecule has 1 aliphatic rings. The zero-order valence-electron chi connectivity index (χ0n) is 13.0. The molecule has 0 radical (unpaired) electrons. The van der Waals surface area contributed by atoms with Crippen molar-refractivity contribution in [3.05, 3.63) is 23.8 Å². The summed E-state index contributed by atoms with van der Waals surface area (Å²) in [5.74, 6) is 2.40. The molecule has 4 nitrogen and oxygen atoms in total. The van der Waals surface area contributed by atoms with Gasteiger partial charge in [0.25, 0.3) is 0 Å². The molecular formula is C16H26N2O2. The molecule has 0 saturated carbocycles. The maximum Gasteiger partial charge on any atom is 0.127 e. The van der Waals surface area contributed by atoms with Crippen molar-refractivity contribution in [2.45, 2.75) is 25.9 Å². The van der Waals surface area contributed by atoms with Crippen LogP contribution in [0.1, 0.15) is 18.9 Å². The molecule has 20 heavy (non-hydrogen) atoms. The van der Waals surface area contributed by atoms with Crippen molar-refractivity contribution in [2.24, 2.45) is 5.92 Å². The third-order valence-corrected chi connectivity index (χ3v) is 4.16. The highest BCUT2D eigenvalue weighted by Crippen LogP contribution is 2.25. The second-order valence-corrected chi connectivity index (χ2v) is 5.69. The number of hydrogen-bond donors (Lipinski definition) is 1. The third kappa shape index (κ3) is 3.64. The Bertz CT molecular complexity index is 436. The Morgan fingerprint density at radius 3 is 2.75 bits per heavy atom. The van der Waals surface area contributed by atoms with E-state index in [2.05, 4.69) is 30.3 Å². The average Bonchev–Trinajstić information content (AvgIpc) is 2.46. The molecule has 1 aliphatic heterocycles. The lowest BCUT2D eigenvalue weighted by Crippen LogP contribution is -2.46. The van der Waals surface area contributed by atoms with Crippen LogP contribution < -0.4 is 14.8 Å².